The summed E-state index contributed by atoms with van der Waals surface area (Å²) in [6.07, 6.45) is 3.00. The number of nitrogen functional groups attached to an aromatic ring is 1. The number of aliphatic carboxylic acids is 1. The van der Waals surface area contributed by atoms with E-state index < -0.39 is 47.5 Å². The van der Waals surface area contributed by atoms with E-state index >= 15 is 0 Å². The minimum absolute atomic E-state index is 0.126. The number of ketones is 1. The fourth-order valence-electron chi connectivity index (χ4n) is 6.38. The number of hydrogen-bond acceptors (Lipinski definition) is 10. The summed E-state index contributed by atoms with van der Waals surface area (Å²) in [5.74, 6) is -1.61. The van der Waals surface area contributed by atoms with Gasteiger partial charge in [-0.3, -0.25) is 28.3 Å². The van der Waals surface area contributed by atoms with Crippen molar-refractivity contribution in [2.75, 3.05) is 25.4 Å². The van der Waals surface area contributed by atoms with Crippen molar-refractivity contribution in [3.05, 3.63) is 91.9 Å². The quantitative estimate of drug-likeness (QED) is 0.0366. The van der Waals surface area contributed by atoms with Gasteiger partial charge in [0.2, 0.25) is 5.91 Å². The second-order valence-corrected chi connectivity index (χ2v) is 13.5. The summed E-state index contributed by atoms with van der Waals surface area (Å²) in [5, 5.41) is 25.3. The van der Waals surface area contributed by atoms with Crippen LogP contribution in [0.25, 0.3) is 11.2 Å². The average Bonchev–Trinajstić information content (AvgIpc) is 3.50. The maximum absolute atomic E-state index is 14.0. The summed E-state index contributed by atoms with van der Waals surface area (Å²) in [5.41, 5.74) is 13.6. The average molecular weight is 747 g/mol. The molecular formula is C39H54N8O7. The van der Waals surface area contributed by atoms with Crippen LogP contribution in [0.4, 0.5) is 5.69 Å². The Labute approximate surface area is 314 Å². The number of Topliss-reactive ketones (excluding diaryl/α,β-unsaturated/α-hetero) is 1. The van der Waals surface area contributed by atoms with Crippen molar-refractivity contribution in [2.24, 2.45) is 5.73 Å². The van der Waals surface area contributed by atoms with Crippen LogP contribution in [0.5, 0.6) is 0 Å². The Bertz CT molecular complexity index is 2000. The SMILES string of the molecule is CCCn1c(=O)c2c(nc(Cc3ccccc3)n2CCNCC(O)CC)n(CCc2ccc(C(=O)C(CC(=O)O)NC(=O)CCCCCN)cc2N)c1=O. The van der Waals surface area contributed by atoms with Crippen molar-refractivity contribution in [3.63, 3.8) is 0 Å². The van der Waals surface area contributed by atoms with Crippen LogP contribution in [0.1, 0.15) is 86.1 Å². The second-order valence-electron chi connectivity index (χ2n) is 13.5. The molecule has 2 aromatic carbocycles. The van der Waals surface area contributed by atoms with Crippen LogP contribution in [0.3, 0.4) is 0 Å². The number of amides is 1. The normalized spacial score (nSPS) is 12.5. The highest BCUT2D eigenvalue weighted by molar-refractivity contribution is 6.04. The minimum Gasteiger partial charge on any atom is -0.481 e. The van der Waals surface area contributed by atoms with Gasteiger partial charge in [-0.25, -0.2) is 9.78 Å². The topological polar surface area (TPSA) is 230 Å². The Morgan fingerprint density at radius 1 is 0.944 bits per heavy atom. The molecular weight excluding hydrogens is 692 g/mol. The molecule has 0 spiro atoms. The van der Waals surface area contributed by atoms with Gasteiger partial charge < -0.3 is 36.9 Å². The summed E-state index contributed by atoms with van der Waals surface area (Å²) in [7, 11) is 0. The monoisotopic (exact) mass is 746 g/mol. The molecule has 0 aliphatic carbocycles. The van der Waals surface area contributed by atoms with E-state index in [-0.39, 0.29) is 42.8 Å². The number of aromatic nitrogens is 4. The van der Waals surface area contributed by atoms with E-state index in [1.165, 1.54) is 21.3 Å². The number of carbonyl (C=O) groups is 3. The number of carboxylic acid groups (broad SMARTS) is 1. The van der Waals surface area contributed by atoms with Crippen LogP contribution in [0, 0.1) is 0 Å². The lowest BCUT2D eigenvalue weighted by Gasteiger charge is -2.17. The molecule has 2 aromatic heterocycles. The molecule has 2 unspecified atom stereocenters. The van der Waals surface area contributed by atoms with Gasteiger partial charge in [-0.15, -0.1) is 0 Å². The molecule has 8 N–H and O–H groups in total. The Morgan fingerprint density at radius 3 is 2.37 bits per heavy atom. The molecule has 4 aromatic rings. The van der Waals surface area contributed by atoms with E-state index in [2.05, 4.69) is 10.6 Å². The zero-order valence-corrected chi connectivity index (χ0v) is 31.3. The van der Waals surface area contributed by atoms with Crippen LogP contribution >= 0.6 is 0 Å². The summed E-state index contributed by atoms with van der Waals surface area (Å²) in [6.45, 7) is 5.89. The zero-order valence-electron chi connectivity index (χ0n) is 31.3. The second kappa shape index (κ2) is 20.4. The smallest absolute Gasteiger partial charge is 0.332 e. The molecule has 54 heavy (non-hydrogen) atoms. The number of imidazole rings is 1. The van der Waals surface area contributed by atoms with Crippen LogP contribution < -0.4 is 33.3 Å². The third-order valence-electron chi connectivity index (χ3n) is 9.38. The Morgan fingerprint density at radius 2 is 1.70 bits per heavy atom. The Balaban J connectivity index is 1.65. The van der Waals surface area contributed by atoms with E-state index in [4.69, 9.17) is 16.5 Å². The van der Waals surface area contributed by atoms with E-state index in [9.17, 15) is 34.2 Å². The predicted octanol–water partition coefficient (Wildman–Crippen LogP) is 2.21. The number of fused-ring (bicyclic) bond motifs is 1. The molecule has 2 atom stereocenters. The van der Waals surface area contributed by atoms with Gasteiger partial charge in [0.05, 0.1) is 12.5 Å². The fourth-order valence-corrected chi connectivity index (χ4v) is 6.38. The standard InChI is InChI=1S/C39H54N8O7/c1-3-19-47-38(53)35-37(44-32(22-26-11-7-5-8-12-26)45(35)21-18-42-25-29(48)4-2)46(39(47)54)20-16-27-14-15-28(23-30(27)41)36(52)31(24-34(50)51)43-33(49)13-9-6-10-17-40/h5,7-8,11-12,14-15,23,29,31,42,48H,3-4,6,9-10,13,16-22,24-25,40-41H2,1-2H3,(H,43,49)(H,50,51). The number of nitrogens with one attached hydrogen (secondary N) is 2. The van der Waals surface area contributed by atoms with Gasteiger partial charge in [-0.2, -0.15) is 0 Å². The number of unbranched alkanes of at least 4 members (excludes halogenated alkanes) is 2. The lowest BCUT2D eigenvalue weighted by atomic mass is 9.98. The van der Waals surface area contributed by atoms with Gasteiger partial charge in [0.25, 0.3) is 5.56 Å². The zero-order chi connectivity index (χ0) is 39.2. The van der Waals surface area contributed by atoms with Crippen LogP contribution in [-0.4, -0.2) is 78.3 Å². The summed E-state index contributed by atoms with van der Waals surface area (Å²) in [6, 6.07) is 13.1. The van der Waals surface area contributed by atoms with Gasteiger partial charge in [0.1, 0.15) is 11.9 Å². The molecule has 0 bridgehead atoms. The number of carbonyl (C=O) groups excluding carboxylic acids is 2. The Hall–Kier alpha value is -5.12. The number of aryl methyl sites for hydroxylation is 2. The number of rotatable bonds is 23. The van der Waals surface area contributed by atoms with Crippen molar-refractivity contribution in [3.8, 4) is 0 Å². The molecule has 15 nitrogen and oxygen atoms in total. The van der Waals surface area contributed by atoms with Crippen molar-refractivity contribution in [1.29, 1.82) is 0 Å². The highest BCUT2D eigenvalue weighted by Gasteiger charge is 2.26. The van der Waals surface area contributed by atoms with Crippen LogP contribution in [-0.2, 0) is 42.1 Å². The lowest BCUT2D eigenvalue weighted by molar-refractivity contribution is -0.137. The number of hydrogen-bond donors (Lipinski definition) is 6. The van der Waals surface area contributed by atoms with Crippen LogP contribution in [0.15, 0.2) is 58.1 Å². The molecule has 0 radical (unpaired) electrons. The molecule has 0 saturated heterocycles. The number of nitrogens with zero attached hydrogens (tertiary/aromatic N) is 4. The van der Waals surface area contributed by atoms with Gasteiger partial charge in [-0.1, -0.05) is 62.7 Å². The number of nitrogens with two attached hydrogens (primary N) is 2. The Kier molecular flexibility index (Phi) is 15.7. The maximum Gasteiger partial charge on any atom is 0.332 e. The number of aliphatic hydroxyl groups excluding tert-OH is 1. The number of benzene rings is 2. The largest absolute Gasteiger partial charge is 0.481 e. The first kappa shape index (κ1) is 41.6. The maximum atomic E-state index is 14.0. The first-order valence-electron chi connectivity index (χ1n) is 18.8. The van der Waals surface area contributed by atoms with Crippen molar-refractivity contribution < 1.29 is 24.6 Å². The minimum atomic E-state index is -1.27. The van der Waals surface area contributed by atoms with E-state index in [1.807, 2.05) is 48.7 Å². The lowest BCUT2D eigenvalue weighted by Crippen LogP contribution is -2.42. The van der Waals surface area contributed by atoms with Gasteiger partial charge in [0, 0.05) is 56.8 Å². The van der Waals surface area contributed by atoms with E-state index in [0.717, 1.165) is 18.4 Å². The van der Waals surface area contributed by atoms with Gasteiger partial charge in [0.15, 0.2) is 16.9 Å². The summed E-state index contributed by atoms with van der Waals surface area (Å²) >= 11 is 0. The summed E-state index contributed by atoms with van der Waals surface area (Å²) in [4.78, 5) is 70.3. The molecule has 4 rings (SSSR count). The fraction of sp³-hybridized carbons (Fsp3) is 0.487. The number of anilines is 1. The van der Waals surface area contributed by atoms with Crippen LogP contribution in [0.2, 0.25) is 0 Å². The molecule has 1 amide bonds. The van der Waals surface area contributed by atoms with Crippen molar-refractivity contribution in [2.45, 2.75) is 103 Å². The first-order chi connectivity index (χ1) is 26.0. The third-order valence-corrected chi connectivity index (χ3v) is 9.38. The van der Waals surface area contributed by atoms with Crippen molar-refractivity contribution in [1.82, 2.24) is 29.3 Å². The number of carboxylic acids is 1. The third kappa shape index (κ3) is 11.0. The molecule has 292 valence electrons. The summed E-state index contributed by atoms with van der Waals surface area (Å²) < 4.78 is 4.59. The predicted molar refractivity (Wildman–Crippen MR) is 208 cm³/mol. The number of aliphatic hydroxyl groups is 1. The molecule has 0 saturated carbocycles. The van der Waals surface area contributed by atoms with Gasteiger partial charge >= 0.3 is 11.7 Å². The molecule has 0 aliphatic rings. The molecule has 2 heterocycles. The highest BCUT2D eigenvalue weighted by Crippen LogP contribution is 2.20. The van der Waals surface area contributed by atoms with E-state index in [0.29, 0.717) is 68.8 Å². The van der Waals surface area contributed by atoms with E-state index in [1.54, 1.807) is 6.07 Å². The highest BCUT2D eigenvalue weighted by atomic mass is 16.4. The van der Waals surface area contributed by atoms with Crippen molar-refractivity contribution >= 4 is 34.5 Å². The first-order valence-corrected chi connectivity index (χ1v) is 18.8. The molecule has 0 fully saturated rings. The molecule has 15 heteroatoms. The van der Waals surface area contributed by atoms with Gasteiger partial charge in [-0.05, 0) is 55.8 Å². The molecule has 0 aliphatic heterocycles.